The molecule has 0 aliphatic carbocycles. The number of phenolic OH excluding ortho intramolecular Hbond substituents is 1. The Kier molecular flexibility index (Phi) is 3.97. The van der Waals surface area contributed by atoms with E-state index in [9.17, 15) is 15.2 Å². The van der Waals surface area contributed by atoms with Gasteiger partial charge in [0.05, 0.1) is 24.0 Å². The highest BCUT2D eigenvalue weighted by Crippen LogP contribution is 2.50. The Balaban J connectivity index is 2.10. The van der Waals surface area contributed by atoms with E-state index in [1.807, 2.05) is 6.07 Å². The number of ether oxygens (including phenoxy) is 2. The average Bonchev–Trinajstić information content (AvgIpc) is 2.66. The van der Waals surface area contributed by atoms with Crippen LogP contribution in [0.3, 0.4) is 0 Å². The number of fused-ring (bicyclic) bond motifs is 3. The minimum absolute atomic E-state index is 0.0691. The second-order valence-electron chi connectivity index (χ2n) is 6.46. The van der Waals surface area contributed by atoms with E-state index >= 15 is 0 Å². The highest BCUT2D eigenvalue weighted by atomic mass is 16.5. The second-order valence-corrected chi connectivity index (χ2v) is 6.46. The van der Waals surface area contributed by atoms with Crippen molar-refractivity contribution in [1.82, 2.24) is 0 Å². The fourth-order valence-electron chi connectivity index (χ4n) is 3.59. The standard InChI is InChI=1S/C21H16N2O5/c1-10-6-16(25)27-15-8-14(24)19-18(11-4-3-5-12(7-11)26-2)13(9-22)21(23)28-20(19)17(10)15/h3-8,18,24H,23H2,1-2H3. The highest BCUT2D eigenvalue weighted by Gasteiger charge is 2.35. The molecule has 4 rings (SSSR count). The molecule has 1 aliphatic heterocycles. The Morgan fingerprint density at radius 2 is 2.07 bits per heavy atom. The molecule has 140 valence electrons. The van der Waals surface area contributed by atoms with Gasteiger partial charge in [-0.25, -0.2) is 4.79 Å². The van der Waals surface area contributed by atoms with E-state index in [0.29, 0.717) is 27.8 Å². The number of aromatic hydroxyl groups is 1. The van der Waals surface area contributed by atoms with Crippen LogP contribution in [-0.4, -0.2) is 12.2 Å². The van der Waals surface area contributed by atoms with Gasteiger partial charge in [-0.2, -0.15) is 5.26 Å². The van der Waals surface area contributed by atoms with Crippen LogP contribution in [0.2, 0.25) is 0 Å². The maximum Gasteiger partial charge on any atom is 0.336 e. The number of hydrogen-bond donors (Lipinski definition) is 2. The molecular weight excluding hydrogens is 360 g/mol. The first-order valence-electron chi connectivity index (χ1n) is 8.46. The molecule has 3 N–H and O–H groups in total. The maximum atomic E-state index is 11.7. The van der Waals surface area contributed by atoms with Crippen molar-refractivity contribution in [3.8, 4) is 23.3 Å². The van der Waals surface area contributed by atoms with Crippen LogP contribution in [0, 0.1) is 18.3 Å². The van der Waals surface area contributed by atoms with Crippen molar-refractivity contribution in [3.05, 3.63) is 75.0 Å². The molecule has 0 radical (unpaired) electrons. The van der Waals surface area contributed by atoms with Gasteiger partial charge in [-0.3, -0.25) is 0 Å². The lowest BCUT2D eigenvalue weighted by atomic mass is 9.82. The predicted octanol–water partition coefficient (Wildman–Crippen LogP) is 3.03. The number of rotatable bonds is 2. The minimum Gasteiger partial charge on any atom is -0.507 e. The lowest BCUT2D eigenvalue weighted by Gasteiger charge is -2.28. The fourth-order valence-corrected chi connectivity index (χ4v) is 3.59. The molecule has 0 fully saturated rings. The van der Waals surface area contributed by atoms with Gasteiger partial charge in [0.1, 0.15) is 34.5 Å². The summed E-state index contributed by atoms with van der Waals surface area (Å²) in [6.45, 7) is 1.74. The van der Waals surface area contributed by atoms with Gasteiger partial charge in [-0.1, -0.05) is 12.1 Å². The first-order chi connectivity index (χ1) is 13.4. The summed E-state index contributed by atoms with van der Waals surface area (Å²) in [5, 5.41) is 21.0. The topological polar surface area (TPSA) is 119 Å². The van der Waals surface area contributed by atoms with Gasteiger partial charge in [0.2, 0.25) is 5.88 Å². The van der Waals surface area contributed by atoms with Crippen LogP contribution in [-0.2, 0) is 0 Å². The van der Waals surface area contributed by atoms with Gasteiger partial charge in [0, 0.05) is 12.1 Å². The molecule has 7 nitrogen and oxygen atoms in total. The van der Waals surface area contributed by atoms with Crippen molar-refractivity contribution >= 4 is 11.0 Å². The summed E-state index contributed by atoms with van der Waals surface area (Å²) in [4.78, 5) is 11.7. The van der Waals surface area contributed by atoms with Crippen molar-refractivity contribution < 1.29 is 19.0 Å². The van der Waals surface area contributed by atoms with Gasteiger partial charge in [0.25, 0.3) is 0 Å². The summed E-state index contributed by atoms with van der Waals surface area (Å²) in [6, 6.07) is 11.9. The average molecular weight is 376 g/mol. The maximum absolute atomic E-state index is 11.7. The fraction of sp³-hybridized carbons (Fsp3) is 0.143. The lowest BCUT2D eigenvalue weighted by Crippen LogP contribution is -2.21. The molecule has 3 aromatic rings. The van der Waals surface area contributed by atoms with E-state index in [2.05, 4.69) is 6.07 Å². The van der Waals surface area contributed by atoms with Crippen LogP contribution in [0.5, 0.6) is 17.2 Å². The number of nitrogens with zero attached hydrogens (tertiary/aromatic N) is 1. The molecule has 1 aromatic heterocycles. The summed E-state index contributed by atoms with van der Waals surface area (Å²) in [7, 11) is 1.54. The molecule has 28 heavy (non-hydrogen) atoms. The summed E-state index contributed by atoms with van der Waals surface area (Å²) >= 11 is 0. The van der Waals surface area contributed by atoms with Crippen LogP contribution < -0.4 is 20.8 Å². The Labute approximate surface area is 159 Å². The normalized spacial score (nSPS) is 15.7. The van der Waals surface area contributed by atoms with E-state index in [1.54, 1.807) is 32.2 Å². The van der Waals surface area contributed by atoms with Crippen molar-refractivity contribution in [3.63, 3.8) is 0 Å². The van der Waals surface area contributed by atoms with Crippen molar-refractivity contribution in [2.45, 2.75) is 12.8 Å². The van der Waals surface area contributed by atoms with Gasteiger partial charge in [-0.05, 0) is 30.2 Å². The zero-order chi connectivity index (χ0) is 20.0. The SMILES string of the molecule is COc1cccc(C2C(C#N)=C(N)Oc3c2c(O)cc2oc(=O)cc(C)c32)c1. The highest BCUT2D eigenvalue weighted by molar-refractivity contribution is 5.91. The molecule has 0 spiro atoms. The van der Waals surface area contributed by atoms with E-state index in [1.165, 1.54) is 12.1 Å². The van der Waals surface area contributed by atoms with E-state index in [-0.39, 0.29) is 28.5 Å². The Morgan fingerprint density at radius 1 is 1.29 bits per heavy atom. The van der Waals surface area contributed by atoms with Crippen LogP contribution in [0.15, 0.2) is 57.1 Å². The van der Waals surface area contributed by atoms with E-state index in [0.717, 1.165) is 0 Å². The first kappa shape index (κ1) is 17.5. The van der Waals surface area contributed by atoms with Crippen molar-refractivity contribution in [2.24, 2.45) is 5.73 Å². The van der Waals surface area contributed by atoms with Crippen LogP contribution in [0.1, 0.15) is 22.6 Å². The molecule has 2 aromatic carbocycles. The summed E-state index contributed by atoms with van der Waals surface area (Å²) in [6.07, 6.45) is 0. The smallest absolute Gasteiger partial charge is 0.336 e. The third-order valence-electron chi connectivity index (χ3n) is 4.80. The third kappa shape index (κ3) is 2.55. The third-order valence-corrected chi connectivity index (χ3v) is 4.80. The van der Waals surface area contributed by atoms with Gasteiger partial charge < -0.3 is 24.7 Å². The monoisotopic (exact) mass is 376 g/mol. The summed E-state index contributed by atoms with van der Waals surface area (Å²) in [5.74, 6) is -0.0337. The van der Waals surface area contributed by atoms with Gasteiger partial charge in [-0.15, -0.1) is 0 Å². The van der Waals surface area contributed by atoms with Crippen molar-refractivity contribution in [1.29, 1.82) is 5.26 Å². The quantitative estimate of drug-likeness (QED) is 0.660. The molecule has 1 atom stereocenters. The molecule has 0 saturated heterocycles. The number of hydrogen-bond acceptors (Lipinski definition) is 7. The number of allylic oxidation sites excluding steroid dienone is 1. The number of phenols is 1. The molecule has 0 saturated carbocycles. The molecule has 7 heteroatoms. The largest absolute Gasteiger partial charge is 0.507 e. The number of aryl methyl sites for hydroxylation is 1. The Bertz CT molecular complexity index is 1250. The number of methoxy groups -OCH3 is 1. The van der Waals surface area contributed by atoms with Crippen LogP contribution in [0.4, 0.5) is 0 Å². The molecule has 1 unspecified atom stereocenters. The van der Waals surface area contributed by atoms with E-state index < -0.39 is 11.5 Å². The molecule has 2 heterocycles. The number of nitrogens with two attached hydrogens (primary N) is 1. The zero-order valence-electron chi connectivity index (χ0n) is 15.1. The lowest BCUT2D eigenvalue weighted by molar-refractivity contribution is 0.384. The van der Waals surface area contributed by atoms with Gasteiger partial charge in [0.15, 0.2) is 0 Å². The zero-order valence-corrected chi connectivity index (χ0v) is 15.1. The van der Waals surface area contributed by atoms with Crippen LogP contribution in [0.25, 0.3) is 11.0 Å². The Morgan fingerprint density at radius 3 is 2.79 bits per heavy atom. The van der Waals surface area contributed by atoms with E-state index in [4.69, 9.17) is 19.6 Å². The van der Waals surface area contributed by atoms with Crippen molar-refractivity contribution in [2.75, 3.05) is 7.11 Å². The summed E-state index contributed by atoms with van der Waals surface area (Å²) in [5.41, 5.74) is 7.56. The predicted molar refractivity (Wildman–Crippen MR) is 101 cm³/mol. The second kappa shape index (κ2) is 6.35. The summed E-state index contributed by atoms with van der Waals surface area (Å²) < 4.78 is 16.2. The molecule has 1 aliphatic rings. The molecular formula is C21H16N2O5. The molecule has 0 amide bonds. The molecule has 0 bridgehead atoms. The Hall–Kier alpha value is -3.92. The van der Waals surface area contributed by atoms with Gasteiger partial charge >= 0.3 is 5.63 Å². The first-order valence-corrected chi connectivity index (χ1v) is 8.46. The number of benzene rings is 2. The van der Waals surface area contributed by atoms with Crippen LogP contribution >= 0.6 is 0 Å². The number of nitriles is 1. The minimum atomic E-state index is -0.667.